The van der Waals surface area contributed by atoms with E-state index in [9.17, 15) is 4.79 Å². The first-order chi connectivity index (χ1) is 16.6. The first-order valence-electron chi connectivity index (χ1n) is 12.8. The first kappa shape index (κ1) is 21.6. The molecule has 1 amide bonds. The molecule has 4 heterocycles. The number of anilines is 1. The Balaban J connectivity index is 1.26. The number of aromatic nitrogens is 3. The van der Waals surface area contributed by atoms with Gasteiger partial charge in [-0.2, -0.15) is 5.10 Å². The van der Waals surface area contributed by atoms with Crippen molar-refractivity contribution in [2.45, 2.75) is 70.0 Å². The molecular formula is C27H34N6O. The number of carbonyl (C=O) groups excluding carboxylic acids is 1. The molecule has 34 heavy (non-hydrogen) atoms. The quantitative estimate of drug-likeness (QED) is 0.625. The van der Waals surface area contributed by atoms with E-state index in [4.69, 9.17) is 10.1 Å². The van der Waals surface area contributed by atoms with E-state index in [1.54, 1.807) is 0 Å². The van der Waals surface area contributed by atoms with Gasteiger partial charge < -0.3 is 15.5 Å². The van der Waals surface area contributed by atoms with E-state index in [-0.39, 0.29) is 5.91 Å². The zero-order chi connectivity index (χ0) is 23.2. The second-order valence-electron chi connectivity index (χ2n) is 10.4. The third-order valence-corrected chi connectivity index (χ3v) is 8.23. The summed E-state index contributed by atoms with van der Waals surface area (Å²) >= 11 is 0. The molecule has 3 fully saturated rings. The molecule has 2 N–H and O–H groups in total. The predicted octanol–water partition coefficient (Wildman–Crippen LogP) is 3.75. The fraction of sp³-hybridized carbons (Fsp3) is 0.519. The maximum absolute atomic E-state index is 11.9. The minimum atomic E-state index is 0.205. The fourth-order valence-electron chi connectivity index (χ4n) is 6.58. The number of nitrogens with zero attached hydrogens (tertiary/aromatic N) is 4. The van der Waals surface area contributed by atoms with E-state index in [0.717, 1.165) is 55.5 Å². The molecular weight excluding hydrogens is 424 g/mol. The molecule has 0 bridgehead atoms. The van der Waals surface area contributed by atoms with Gasteiger partial charge in [-0.15, -0.1) is 0 Å². The normalized spacial score (nSPS) is 29.6. The van der Waals surface area contributed by atoms with Crippen LogP contribution in [0.4, 0.5) is 5.69 Å². The van der Waals surface area contributed by atoms with Crippen LogP contribution in [0.15, 0.2) is 42.9 Å². The van der Waals surface area contributed by atoms with Gasteiger partial charge in [0.2, 0.25) is 5.91 Å². The van der Waals surface area contributed by atoms with E-state index >= 15 is 0 Å². The Hall–Kier alpha value is -2.93. The van der Waals surface area contributed by atoms with Crippen LogP contribution in [0.25, 0.3) is 16.8 Å². The van der Waals surface area contributed by atoms with E-state index in [1.165, 1.54) is 11.3 Å². The predicted molar refractivity (Wildman–Crippen MR) is 134 cm³/mol. The van der Waals surface area contributed by atoms with Gasteiger partial charge in [0.25, 0.3) is 0 Å². The average Bonchev–Trinajstić information content (AvgIpc) is 3.27. The Labute approximate surface area is 200 Å². The third kappa shape index (κ3) is 3.76. The molecule has 0 spiro atoms. The highest BCUT2D eigenvalue weighted by atomic mass is 16.1. The fourth-order valence-corrected chi connectivity index (χ4v) is 6.58. The molecule has 1 aromatic carbocycles. The van der Waals surface area contributed by atoms with Crippen LogP contribution in [-0.2, 0) is 4.79 Å². The van der Waals surface area contributed by atoms with Crippen LogP contribution in [0.2, 0.25) is 0 Å². The highest BCUT2D eigenvalue weighted by molar-refractivity contribution is 5.77. The highest BCUT2D eigenvalue weighted by Gasteiger charge is 2.39. The van der Waals surface area contributed by atoms with E-state index in [0.29, 0.717) is 36.4 Å². The van der Waals surface area contributed by atoms with Crippen molar-refractivity contribution in [3.05, 3.63) is 48.4 Å². The molecule has 3 aliphatic rings. The van der Waals surface area contributed by atoms with Crippen LogP contribution in [0, 0.1) is 5.92 Å². The molecule has 7 heteroatoms. The van der Waals surface area contributed by atoms with Gasteiger partial charge >= 0.3 is 0 Å². The summed E-state index contributed by atoms with van der Waals surface area (Å²) in [6.07, 6.45) is 11.1. The molecule has 1 aliphatic carbocycles. The topological polar surface area (TPSA) is 74.6 Å². The van der Waals surface area contributed by atoms with Crippen LogP contribution < -0.4 is 15.5 Å². The largest absolute Gasteiger partial charge is 0.364 e. The monoisotopic (exact) mass is 458 g/mol. The van der Waals surface area contributed by atoms with Crippen LogP contribution in [0.1, 0.15) is 57.4 Å². The van der Waals surface area contributed by atoms with Gasteiger partial charge in [0.1, 0.15) is 0 Å². The number of nitrogens with one attached hydrogen (secondary N) is 2. The minimum absolute atomic E-state index is 0.205. The van der Waals surface area contributed by atoms with Crippen LogP contribution >= 0.6 is 0 Å². The van der Waals surface area contributed by atoms with Gasteiger partial charge in [0, 0.05) is 66.8 Å². The van der Waals surface area contributed by atoms with Crippen molar-refractivity contribution >= 4 is 17.2 Å². The number of hydrogen-bond donors (Lipinski definition) is 2. The van der Waals surface area contributed by atoms with Crippen molar-refractivity contribution in [2.75, 3.05) is 18.0 Å². The average molecular weight is 459 g/mol. The number of hydrogen-bond acceptors (Lipinski definition) is 5. The van der Waals surface area contributed by atoms with E-state index in [2.05, 4.69) is 59.8 Å². The summed E-state index contributed by atoms with van der Waals surface area (Å²) in [5.74, 6) is 1.11. The Morgan fingerprint density at radius 1 is 0.971 bits per heavy atom. The van der Waals surface area contributed by atoms with Gasteiger partial charge in [0.05, 0.1) is 6.20 Å². The molecule has 2 aromatic heterocycles. The molecule has 178 valence electrons. The van der Waals surface area contributed by atoms with Crippen LogP contribution in [0.3, 0.4) is 0 Å². The minimum Gasteiger partial charge on any atom is -0.364 e. The van der Waals surface area contributed by atoms with Crippen LogP contribution in [0.5, 0.6) is 0 Å². The summed E-state index contributed by atoms with van der Waals surface area (Å²) in [6, 6.07) is 10.1. The Morgan fingerprint density at radius 2 is 1.76 bits per heavy atom. The van der Waals surface area contributed by atoms with Crippen LogP contribution in [-0.4, -0.2) is 51.7 Å². The van der Waals surface area contributed by atoms with E-state index < -0.39 is 0 Å². The molecule has 7 nitrogen and oxygen atoms in total. The number of fused-ring (bicyclic) bond motifs is 2. The maximum Gasteiger partial charge on any atom is 0.220 e. The summed E-state index contributed by atoms with van der Waals surface area (Å²) in [4.78, 5) is 19.3. The molecule has 3 unspecified atom stereocenters. The molecule has 6 rings (SSSR count). The smallest absolute Gasteiger partial charge is 0.220 e. The second kappa shape index (κ2) is 8.69. The van der Waals surface area contributed by atoms with Gasteiger partial charge in [-0.3, -0.25) is 4.79 Å². The zero-order valence-electron chi connectivity index (χ0n) is 20.1. The van der Waals surface area contributed by atoms with Crippen molar-refractivity contribution in [1.82, 2.24) is 25.2 Å². The van der Waals surface area contributed by atoms with Crippen molar-refractivity contribution in [1.29, 1.82) is 0 Å². The standard InChI is InChI=1S/C27H34N6O/c1-17-12-28-13-18(2)33(17)21-8-6-19(7-9-21)20-14-29-27-24(15-30-32(27)16-20)22-4-3-5-25-23(22)10-11-26(34)31-25/h6-9,14-18,22-23,25,28H,3-5,10-13H2,1-2H3,(H,31,34)/t17-,18+,22?,23?,25?. The number of piperidine rings is 1. The number of amides is 1. The summed E-state index contributed by atoms with van der Waals surface area (Å²) in [7, 11) is 0. The summed E-state index contributed by atoms with van der Waals surface area (Å²) in [5, 5.41) is 11.4. The Morgan fingerprint density at radius 3 is 2.56 bits per heavy atom. The second-order valence-corrected chi connectivity index (χ2v) is 10.4. The van der Waals surface area contributed by atoms with Gasteiger partial charge in [-0.05, 0) is 62.6 Å². The molecule has 5 atom stereocenters. The maximum atomic E-state index is 11.9. The Kier molecular flexibility index (Phi) is 5.52. The number of benzene rings is 1. The lowest BCUT2D eigenvalue weighted by molar-refractivity contribution is -0.125. The molecule has 2 saturated heterocycles. The molecule has 0 radical (unpaired) electrons. The number of carbonyl (C=O) groups is 1. The SMILES string of the molecule is C[C@@H]1CNC[C@H](C)N1c1ccc(-c2cnc3c(C4CCCC5NC(=O)CCC54)cnn3c2)cc1. The molecule has 1 saturated carbocycles. The Bertz CT molecular complexity index is 1180. The lowest BCUT2D eigenvalue weighted by Gasteiger charge is -2.41. The van der Waals surface area contributed by atoms with Crippen molar-refractivity contribution in [3.8, 4) is 11.1 Å². The third-order valence-electron chi connectivity index (χ3n) is 8.23. The highest BCUT2D eigenvalue weighted by Crippen LogP contribution is 2.43. The van der Waals surface area contributed by atoms with Crippen molar-refractivity contribution < 1.29 is 4.79 Å². The van der Waals surface area contributed by atoms with Crippen molar-refractivity contribution in [3.63, 3.8) is 0 Å². The zero-order valence-corrected chi connectivity index (χ0v) is 20.1. The summed E-state index contributed by atoms with van der Waals surface area (Å²) in [6.45, 7) is 6.59. The lowest BCUT2D eigenvalue weighted by Crippen LogP contribution is -2.55. The summed E-state index contributed by atoms with van der Waals surface area (Å²) in [5.41, 5.74) is 5.67. The lowest BCUT2D eigenvalue weighted by atomic mass is 9.70. The molecule has 3 aromatic rings. The van der Waals surface area contributed by atoms with E-state index in [1.807, 2.05) is 16.9 Å². The van der Waals surface area contributed by atoms with Gasteiger partial charge in [0.15, 0.2) is 5.65 Å². The van der Waals surface area contributed by atoms with Crippen molar-refractivity contribution in [2.24, 2.45) is 5.92 Å². The van der Waals surface area contributed by atoms with Gasteiger partial charge in [-0.1, -0.05) is 18.6 Å². The van der Waals surface area contributed by atoms with Gasteiger partial charge in [-0.25, -0.2) is 9.50 Å². The first-order valence-corrected chi connectivity index (χ1v) is 12.8. The summed E-state index contributed by atoms with van der Waals surface area (Å²) < 4.78 is 1.93. The molecule has 2 aliphatic heterocycles. The number of rotatable bonds is 3. The number of piperazine rings is 1.